The Bertz CT molecular complexity index is 521. The number of likely N-dealkylation sites (tertiary alicyclic amines) is 1. The average molecular weight is 305 g/mol. The summed E-state index contributed by atoms with van der Waals surface area (Å²) < 4.78 is 0. The summed E-state index contributed by atoms with van der Waals surface area (Å²) >= 11 is 0. The number of amides is 2. The van der Waals surface area contributed by atoms with Crippen LogP contribution in [0.2, 0.25) is 0 Å². The molecule has 1 fully saturated rings. The zero-order valence-corrected chi connectivity index (χ0v) is 13.0. The maximum Gasteiger partial charge on any atom is 0.317 e. The molecule has 0 aliphatic carbocycles. The van der Waals surface area contributed by atoms with Gasteiger partial charge in [-0.25, -0.2) is 4.79 Å². The molecule has 6 nitrogen and oxygen atoms in total. The number of rotatable bonds is 5. The Labute approximate surface area is 130 Å². The minimum absolute atomic E-state index is 0.143. The Morgan fingerprint density at radius 2 is 2.09 bits per heavy atom. The van der Waals surface area contributed by atoms with E-state index in [0.29, 0.717) is 26.1 Å². The molecular formula is C16H23N3O3. The van der Waals surface area contributed by atoms with Crippen molar-refractivity contribution in [3.63, 3.8) is 0 Å². The van der Waals surface area contributed by atoms with Gasteiger partial charge >= 0.3 is 12.0 Å². The highest BCUT2D eigenvalue weighted by Crippen LogP contribution is 2.16. The Morgan fingerprint density at radius 1 is 1.41 bits per heavy atom. The standard InChI is InChI=1S/C16H23N3O3/c1-12(18(2)14-6-4-3-5-7-14)10-17-16(22)19-9-8-13(11-19)15(20)21/h3-7,12-13H,8-11H2,1-2H3,(H,17,22)(H,20,21). The number of carboxylic acid groups (broad SMARTS) is 1. The third-order valence-corrected chi connectivity index (χ3v) is 4.20. The van der Waals surface area contributed by atoms with E-state index in [9.17, 15) is 9.59 Å². The molecule has 0 bridgehead atoms. The number of benzene rings is 1. The Kier molecular flexibility index (Phi) is 5.25. The molecule has 2 amide bonds. The van der Waals surface area contributed by atoms with E-state index < -0.39 is 11.9 Å². The number of urea groups is 1. The molecule has 2 rings (SSSR count). The van der Waals surface area contributed by atoms with Gasteiger partial charge in [0.15, 0.2) is 0 Å². The van der Waals surface area contributed by atoms with Crippen LogP contribution in [0.15, 0.2) is 30.3 Å². The van der Waals surface area contributed by atoms with Gasteiger partial charge in [-0.05, 0) is 25.5 Å². The number of nitrogens with one attached hydrogen (secondary N) is 1. The molecule has 0 aromatic heterocycles. The van der Waals surface area contributed by atoms with Gasteiger partial charge in [-0.2, -0.15) is 0 Å². The fraction of sp³-hybridized carbons (Fsp3) is 0.500. The maximum atomic E-state index is 12.1. The predicted molar refractivity (Wildman–Crippen MR) is 85.0 cm³/mol. The van der Waals surface area contributed by atoms with Crippen molar-refractivity contribution in [3.05, 3.63) is 30.3 Å². The van der Waals surface area contributed by atoms with Gasteiger partial charge in [0.1, 0.15) is 0 Å². The lowest BCUT2D eigenvalue weighted by molar-refractivity contribution is -0.141. The highest BCUT2D eigenvalue weighted by Gasteiger charge is 2.30. The normalized spacial score (nSPS) is 18.8. The molecule has 2 unspecified atom stereocenters. The van der Waals surface area contributed by atoms with Crippen LogP contribution in [0.4, 0.5) is 10.5 Å². The Hall–Kier alpha value is -2.24. The first kappa shape index (κ1) is 16.1. The Morgan fingerprint density at radius 3 is 2.68 bits per heavy atom. The van der Waals surface area contributed by atoms with Crippen LogP contribution in [0.3, 0.4) is 0 Å². The van der Waals surface area contributed by atoms with Gasteiger partial charge in [0.2, 0.25) is 0 Å². The molecule has 0 spiro atoms. The molecule has 22 heavy (non-hydrogen) atoms. The van der Waals surface area contributed by atoms with Crippen LogP contribution in [-0.2, 0) is 4.79 Å². The topological polar surface area (TPSA) is 72.9 Å². The number of nitrogens with zero attached hydrogens (tertiary/aromatic N) is 2. The Balaban J connectivity index is 1.80. The zero-order chi connectivity index (χ0) is 16.1. The van der Waals surface area contributed by atoms with Gasteiger partial charge in [0, 0.05) is 38.4 Å². The number of aliphatic carboxylic acids is 1. The second-order valence-electron chi connectivity index (χ2n) is 5.75. The van der Waals surface area contributed by atoms with E-state index in [1.165, 1.54) is 0 Å². The van der Waals surface area contributed by atoms with Crippen LogP contribution in [0, 0.1) is 5.92 Å². The molecule has 120 valence electrons. The SMILES string of the molecule is CC(CNC(=O)N1CCC(C(=O)O)C1)N(C)c1ccccc1. The summed E-state index contributed by atoms with van der Waals surface area (Å²) in [6, 6.07) is 9.94. The van der Waals surface area contributed by atoms with E-state index in [2.05, 4.69) is 10.2 Å². The van der Waals surface area contributed by atoms with E-state index in [1.807, 2.05) is 44.3 Å². The van der Waals surface area contributed by atoms with Gasteiger partial charge in [0.05, 0.1) is 5.92 Å². The number of hydrogen-bond donors (Lipinski definition) is 2. The number of hydrogen-bond acceptors (Lipinski definition) is 3. The summed E-state index contributed by atoms with van der Waals surface area (Å²) in [6.07, 6.45) is 0.530. The van der Waals surface area contributed by atoms with Crippen molar-refractivity contribution in [1.29, 1.82) is 0 Å². The van der Waals surface area contributed by atoms with Crippen LogP contribution < -0.4 is 10.2 Å². The molecular weight excluding hydrogens is 282 g/mol. The fourth-order valence-electron chi connectivity index (χ4n) is 2.55. The molecule has 2 atom stereocenters. The van der Waals surface area contributed by atoms with E-state index >= 15 is 0 Å². The van der Waals surface area contributed by atoms with E-state index in [4.69, 9.17) is 5.11 Å². The minimum atomic E-state index is -0.826. The molecule has 1 saturated heterocycles. The highest BCUT2D eigenvalue weighted by molar-refractivity contribution is 5.77. The molecule has 0 saturated carbocycles. The molecule has 1 aliphatic heterocycles. The van der Waals surface area contributed by atoms with Crippen LogP contribution in [0.5, 0.6) is 0 Å². The first-order valence-electron chi connectivity index (χ1n) is 7.52. The van der Waals surface area contributed by atoms with Crippen molar-refractivity contribution in [2.75, 3.05) is 31.6 Å². The lowest BCUT2D eigenvalue weighted by atomic mass is 10.1. The van der Waals surface area contributed by atoms with Crippen LogP contribution >= 0.6 is 0 Å². The maximum absolute atomic E-state index is 12.1. The summed E-state index contributed by atoms with van der Waals surface area (Å²) in [4.78, 5) is 26.7. The summed E-state index contributed by atoms with van der Waals surface area (Å²) in [5.41, 5.74) is 1.09. The average Bonchev–Trinajstić information content (AvgIpc) is 3.02. The highest BCUT2D eigenvalue weighted by atomic mass is 16.4. The lowest BCUT2D eigenvalue weighted by Gasteiger charge is -2.28. The quantitative estimate of drug-likeness (QED) is 0.867. The number of carboxylic acids is 1. The smallest absolute Gasteiger partial charge is 0.317 e. The van der Waals surface area contributed by atoms with Crippen LogP contribution in [0.25, 0.3) is 0 Å². The molecule has 1 aliphatic rings. The second kappa shape index (κ2) is 7.15. The molecule has 0 radical (unpaired) electrons. The summed E-state index contributed by atoms with van der Waals surface area (Å²) in [5.74, 6) is -1.26. The molecule has 6 heteroatoms. The molecule has 2 N–H and O–H groups in total. The number of likely N-dealkylation sites (N-methyl/N-ethyl adjacent to an activating group) is 1. The summed E-state index contributed by atoms with van der Waals surface area (Å²) in [5, 5.41) is 11.9. The van der Waals surface area contributed by atoms with Gasteiger partial charge in [-0.15, -0.1) is 0 Å². The van der Waals surface area contributed by atoms with Crippen molar-refractivity contribution < 1.29 is 14.7 Å². The van der Waals surface area contributed by atoms with Gasteiger partial charge in [-0.3, -0.25) is 4.79 Å². The van der Waals surface area contributed by atoms with Crippen molar-refractivity contribution >= 4 is 17.7 Å². The van der Waals surface area contributed by atoms with Gasteiger partial charge in [-0.1, -0.05) is 18.2 Å². The summed E-state index contributed by atoms with van der Waals surface area (Å²) in [7, 11) is 1.99. The molecule has 1 heterocycles. The minimum Gasteiger partial charge on any atom is -0.481 e. The van der Waals surface area contributed by atoms with Gasteiger partial charge in [0.25, 0.3) is 0 Å². The fourth-order valence-corrected chi connectivity index (χ4v) is 2.55. The van der Waals surface area contributed by atoms with Crippen molar-refractivity contribution in [1.82, 2.24) is 10.2 Å². The largest absolute Gasteiger partial charge is 0.481 e. The van der Waals surface area contributed by atoms with Crippen molar-refractivity contribution in [2.24, 2.45) is 5.92 Å². The summed E-state index contributed by atoms with van der Waals surface area (Å²) in [6.45, 7) is 3.35. The third kappa shape index (κ3) is 3.90. The molecule has 1 aromatic rings. The predicted octanol–water partition coefficient (Wildman–Crippen LogP) is 1.63. The number of carbonyl (C=O) groups excluding carboxylic acids is 1. The third-order valence-electron chi connectivity index (χ3n) is 4.20. The van der Waals surface area contributed by atoms with E-state index in [1.54, 1.807) is 4.90 Å². The van der Waals surface area contributed by atoms with Crippen LogP contribution in [0.1, 0.15) is 13.3 Å². The van der Waals surface area contributed by atoms with E-state index in [0.717, 1.165) is 5.69 Å². The lowest BCUT2D eigenvalue weighted by Crippen LogP contribution is -2.45. The number of carbonyl (C=O) groups is 2. The van der Waals surface area contributed by atoms with Crippen molar-refractivity contribution in [3.8, 4) is 0 Å². The number of anilines is 1. The monoisotopic (exact) mass is 305 g/mol. The number of para-hydroxylation sites is 1. The first-order chi connectivity index (χ1) is 10.5. The first-order valence-corrected chi connectivity index (χ1v) is 7.52. The van der Waals surface area contributed by atoms with Crippen LogP contribution in [-0.4, -0.2) is 54.7 Å². The van der Waals surface area contributed by atoms with Crippen molar-refractivity contribution in [2.45, 2.75) is 19.4 Å². The zero-order valence-electron chi connectivity index (χ0n) is 13.0. The molecule has 1 aromatic carbocycles. The van der Waals surface area contributed by atoms with E-state index in [-0.39, 0.29) is 12.1 Å². The van der Waals surface area contributed by atoms with Gasteiger partial charge < -0.3 is 20.2 Å². The second-order valence-corrected chi connectivity index (χ2v) is 5.75.